The SMILES string of the molecule is C[C@H](C(=O)N1CCC2(CCC(=O)N(CCCn3ccnc3)C2)CC1)N1CCCC1. The highest BCUT2D eigenvalue weighted by molar-refractivity contribution is 5.81. The van der Waals surface area contributed by atoms with Crippen LogP contribution in [0.1, 0.15) is 51.9 Å². The van der Waals surface area contributed by atoms with Crippen molar-refractivity contribution in [1.82, 2.24) is 24.3 Å². The summed E-state index contributed by atoms with van der Waals surface area (Å²) in [6, 6.07) is 0.0131. The summed E-state index contributed by atoms with van der Waals surface area (Å²) in [5.41, 5.74) is 0.205. The maximum atomic E-state index is 12.9. The van der Waals surface area contributed by atoms with Gasteiger partial charge in [-0.1, -0.05) is 0 Å². The van der Waals surface area contributed by atoms with Gasteiger partial charge in [0.2, 0.25) is 11.8 Å². The highest BCUT2D eigenvalue weighted by Gasteiger charge is 2.42. The van der Waals surface area contributed by atoms with Crippen LogP contribution in [-0.2, 0) is 16.1 Å². The van der Waals surface area contributed by atoms with Gasteiger partial charge in [-0.2, -0.15) is 0 Å². The van der Waals surface area contributed by atoms with Crippen LogP contribution in [0.3, 0.4) is 0 Å². The molecule has 0 radical (unpaired) electrons. The van der Waals surface area contributed by atoms with Crippen molar-refractivity contribution < 1.29 is 9.59 Å². The van der Waals surface area contributed by atoms with Gasteiger partial charge in [-0.25, -0.2) is 4.98 Å². The summed E-state index contributed by atoms with van der Waals surface area (Å²) in [6.45, 7) is 8.43. The minimum atomic E-state index is 0.0131. The van der Waals surface area contributed by atoms with Gasteiger partial charge in [0, 0.05) is 51.5 Å². The first kappa shape index (κ1) is 20.4. The Kier molecular flexibility index (Phi) is 6.23. The molecule has 0 aliphatic carbocycles. The Labute approximate surface area is 174 Å². The molecule has 0 bridgehead atoms. The predicted molar refractivity (Wildman–Crippen MR) is 111 cm³/mol. The molecule has 3 saturated heterocycles. The zero-order chi connectivity index (χ0) is 20.3. The monoisotopic (exact) mass is 401 g/mol. The summed E-state index contributed by atoms with van der Waals surface area (Å²) < 4.78 is 2.07. The molecule has 4 rings (SSSR count). The van der Waals surface area contributed by atoms with E-state index in [1.54, 1.807) is 6.20 Å². The molecule has 1 aromatic heterocycles. The van der Waals surface area contributed by atoms with Gasteiger partial charge >= 0.3 is 0 Å². The normalized spacial score (nSPS) is 23.7. The number of piperidine rings is 2. The summed E-state index contributed by atoms with van der Waals surface area (Å²) in [5, 5.41) is 0. The zero-order valence-electron chi connectivity index (χ0n) is 17.8. The van der Waals surface area contributed by atoms with Gasteiger partial charge < -0.3 is 14.4 Å². The van der Waals surface area contributed by atoms with Gasteiger partial charge in [-0.05, 0) is 64.0 Å². The lowest BCUT2D eigenvalue weighted by molar-refractivity contribution is -0.144. The van der Waals surface area contributed by atoms with Crippen molar-refractivity contribution >= 4 is 11.8 Å². The molecule has 3 fully saturated rings. The zero-order valence-corrected chi connectivity index (χ0v) is 17.8. The van der Waals surface area contributed by atoms with Crippen molar-refractivity contribution in [3.63, 3.8) is 0 Å². The first-order valence-electron chi connectivity index (χ1n) is 11.3. The van der Waals surface area contributed by atoms with Crippen LogP contribution < -0.4 is 0 Å². The van der Waals surface area contributed by atoms with Crippen LogP contribution >= 0.6 is 0 Å². The van der Waals surface area contributed by atoms with Gasteiger partial charge in [0.25, 0.3) is 0 Å². The molecule has 1 aromatic rings. The summed E-state index contributed by atoms with van der Waals surface area (Å²) in [7, 11) is 0. The fourth-order valence-corrected chi connectivity index (χ4v) is 5.33. The van der Waals surface area contributed by atoms with Gasteiger partial charge in [0.05, 0.1) is 12.4 Å². The van der Waals surface area contributed by atoms with Crippen molar-refractivity contribution in [2.75, 3.05) is 39.3 Å². The maximum absolute atomic E-state index is 12.9. The summed E-state index contributed by atoms with van der Waals surface area (Å²) in [6.07, 6.45) is 12.7. The number of aryl methyl sites for hydroxylation is 1. The van der Waals surface area contributed by atoms with Crippen molar-refractivity contribution in [1.29, 1.82) is 0 Å². The second kappa shape index (κ2) is 8.86. The van der Waals surface area contributed by atoms with E-state index in [-0.39, 0.29) is 11.5 Å². The van der Waals surface area contributed by atoms with Crippen LogP contribution in [0.4, 0.5) is 0 Å². The van der Waals surface area contributed by atoms with E-state index in [4.69, 9.17) is 0 Å². The van der Waals surface area contributed by atoms with Crippen LogP contribution in [0, 0.1) is 5.41 Å². The molecule has 1 atom stereocenters. The molecule has 7 nitrogen and oxygen atoms in total. The van der Waals surface area contributed by atoms with Gasteiger partial charge in [0.1, 0.15) is 0 Å². The van der Waals surface area contributed by atoms with E-state index >= 15 is 0 Å². The number of carbonyl (C=O) groups is 2. The molecule has 0 saturated carbocycles. The van der Waals surface area contributed by atoms with E-state index < -0.39 is 0 Å². The Morgan fingerprint density at radius 1 is 1.14 bits per heavy atom. The van der Waals surface area contributed by atoms with Crippen molar-refractivity contribution in [3.8, 4) is 0 Å². The lowest BCUT2D eigenvalue weighted by Gasteiger charge is -2.48. The molecule has 7 heteroatoms. The van der Waals surface area contributed by atoms with Crippen LogP contribution in [0.5, 0.6) is 0 Å². The molecular weight excluding hydrogens is 366 g/mol. The molecule has 160 valence electrons. The first-order valence-corrected chi connectivity index (χ1v) is 11.3. The maximum Gasteiger partial charge on any atom is 0.239 e. The van der Waals surface area contributed by atoms with Crippen LogP contribution in [0.25, 0.3) is 0 Å². The number of carbonyl (C=O) groups excluding carboxylic acids is 2. The average Bonchev–Trinajstić information content (AvgIpc) is 3.44. The van der Waals surface area contributed by atoms with Crippen molar-refractivity contribution in [2.45, 2.75) is 64.5 Å². The number of imidazole rings is 1. The summed E-state index contributed by atoms with van der Waals surface area (Å²) in [5.74, 6) is 0.591. The van der Waals surface area contributed by atoms with E-state index in [2.05, 4.69) is 31.2 Å². The average molecular weight is 402 g/mol. The Morgan fingerprint density at radius 2 is 1.90 bits per heavy atom. The Bertz CT molecular complexity index is 690. The van der Waals surface area contributed by atoms with E-state index in [9.17, 15) is 9.59 Å². The number of amides is 2. The van der Waals surface area contributed by atoms with E-state index in [0.717, 1.165) is 71.5 Å². The number of aromatic nitrogens is 2. The van der Waals surface area contributed by atoms with Gasteiger partial charge in [0.15, 0.2) is 0 Å². The predicted octanol–water partition coefficient (Wildman–Crippen LogP) is 1.99. The Hall–Kier alpha value is -1.89. The minimum absolute atomic E-state index is 0.0131. The highest BCUT2D eigenvalue weighted by atomic mass is 16.2. The largest absolute Gasteiger partial charge is 0.342 e. The van der Waals surface area contributed by atoms with Crippen molar-refractivity contribution in [3.05, 3.63) is 18.7 Å². The van der Waals surface area contributed by atoms with Crippen LogP contribution in [0.2, 0.25) is 0 Å². The Balaban J connectivity index is 1.27. The lowest BCUT2D eigenvalue weighted by Crippen LogP contribution is -2.54. The number of nitrogens with zero attached hydrogens (tertiary/aromatic N) is 5. The standard InChI is InChI=1S/C22H35N5O2/c1-19(25-11-2-3-12-25)21(29)26-14-7-22(8-15-26)6-5-20(28)27(17-22)13-4-10-24-16-9-23-18-24/h9,16,18-19H,2-8,10-15,17H2,1H3/t19-/m1/s1. The molecule has 2 amide bonds. The van der Waals surface area contributed by atoms with Gasteiger partial charge in [-0.3, -0.25) is 14.5 Å². The Morgan fingerprint density at radius 3 is 2.59 bits per heavy atom. The number of likely N-dealkylation sites (tertiary alicyclic amines) is 3. The van der Waals surface area contributed by atoms with E-state index in [0.29, 0.717) is 18.2 Å². The molecule has 3 aliphatic heterocycles. The molecule has 0 N–H and O–H groups in total. The second-order valence-corrected chi connectivity index (χ2v) is 9.21. The smallest absolute Gasteiger partial charge is 0.239 e. The topological polar surface area (TPSA) is 61.7 Å². The molecule has 3 aliphatic rings. The number of rotatable bonds is 6. The molecule has 29 heavy (non-hydrogen) atoms. The van der Waals surface area contributed by atoms with Crippen LogP contribution in [-0.4, -0.2) is 81.4 Å². The minimum Gasteiger partial charge on any atom is -0.342 e. The molecule has 1 spiro atoms. The first-order chi connectivity index (χ1) is 14.1. The lowest BCUT2D eigenvalue weighted by atomic mass is 9.72. The number of hydrogen-bond donors (Lipinski definition) is 0. The third kappa shape index (κ3) is 4.65. The summed E-state index contributed by atoms with van der Waals surface area (Å²) >= 11 is 0. The number of hydrogen-bond acceptors (Lipinski definition) is 4. The fraction of sp³-hybridized carbons (Fsp3) is 0.773. The third-order valence-corrected chi connectivity index (χ3v) is 7.33. The third-order valence-electron chi connectivity index (χ3n) is 7.33. The molecular formula is C22H35N5O2. The molecule has 0 unspecified atom stereocenters. The van der Waals surface area contributed by atoms with Crippen molar-refractivity contribution in [2.24, 2.45) is 5.41 Å². The quantitative estimate of drug-likeness (QED) is 0.731. The molecule has 0 aromatic carbocycles. The second-order valence-electron chi connectivity index (χ2n) is 9.21. The fourth-order valence-electron chi connectivity index (χ4n) is 5.33. The van der Waals surface area contributed by atoms with E-state index in [1.165, 1.54) is 12.8 Å². The van der Waals surface area contributed by atoms with Gasteiger partial charge in [-0.15, -0.1) is 0 Å². The van der Waals surface area contributed by atoms with Crippen LogP contribution in [0.15, 0.2) is 18.7 Å². The highest BCUT2D eigenvalue weighted by Crippen LogP contribution is 2.40. The molecule has 4 heterocycles. The summed E-state index contributed by atoms with van der Waals surface area (Å²) in [4.78, 5) is 36.0. The van der Waals surface area contributed by atoms with E-state index in [1.807, 2.05) is 12.5 Å².